The number of carbonyl (C=O) groups is 1. The van der Waals surface area contributed by atoms with Crippen molar-refractivity contribution in [2.75, 3.05) is 32.1 Å². The topological polar surface area (TPSA) is 29.5 Å². The van der Waals surface area contributed by atoms with Gasteiger partial charge in [-0.05, 0) is 31.9 Å². The molecule has 1 fully saturated rings. The average molecular weight is 246 g/mol. The fraction of sp³-hybridized carbons (Fsp3) is 0.750. The molecule has 0 aromatic heterocycles. The molecule has 0 spiro atoms. The minimum atomic E-state index is -0.0660. The molecule has 0 N–H and O–H groups in total. The Kier molecular flexibility index (Phi) is 5.85. The van der Waals surface area contributed by atoms with Crippen LogP contribution in [-0.4, -0.2) is 43.0 Å². The Morgan fingerprint density at radius 3 is 3.00 bits per heavy atom. The van der Waals surface area contributed by atoms with E-state index in [-0.39, 0.29) is 11.9 Å². The van der Waals surface area contributed by atoms with Gasteiger partial charge in [0.15, 0.2) is 0 Å². The Labute approximate surface area is 102 Å². The number of nitrogens with zero attached hydrogens (tertiary/aromatic N) is 1. The van der Waals surface area contributed by atoms with Gasteiger partial charge in [-0.25, -0.2) is 0 Å². The molecule has 0 saturated carbocycles. The summed E-state index contributed by atoms with van der Waals surface area (Å²) in [5.41, 5.74) is 1.01. The van der Waals surface area contributed by atoms with Crippen LogP contribution in [0.3, 0.4) is 0 Å². The molecule has 1 aliphatic rings. The van der Waals surface area contributed by atoms with Gasteiger partial charge in [0.1, 0.15) is 0 Å². The molecule has 1 atom stereocenters. The maximum atomic E-state index is 11.6. The Hall–Kier alpha value is -0.540. The summed E-state index contributed by atoms with van der Waals surface area (Å²) >= 11 is 5.70. The zero-order chi connectivity index (χ0) is 12.0. The van der Waals surface area contributed by atoms with E-state index in [9.17, 15) is 4.79 Å². The molecule has 0 aromatic rings. The summed E-state index contributed by atoms with van der Waals surface area (Å²) < 4.78 is 5.05. The normalized spacial score (nSPS) is 21.8. The molecule has 1 aliphatic heterocycles. The third kappa shape index (κ3) is 4.14. The lowest BCUT2D eigenvalue weighted by Gasteiger charge is -2.31. The van der Waals surface area contributed by atoms with Crippen LogP contribution in [0.25, 0.3) is 0 Å². The maximum Gasteiger partial charge on any atom is 0.310 e. The van der Waals surface area contributed by atoms with E-state index in [0.717, 1.165) is 38.0 Å². The molecule has 1 unspecified atom stereocenters. The van der Waals surface area contributed by atoms with Crippen LogP contribution in [0.1, 0.15) is 19.8 Å². The van der Waals surface area contributed by atoms with Crippen molar-refractivity contribution in [3.63, 3.8) is 0 Å². The number of rotatable bonds is 5. The SMILES string of the molecule is C=C(CCl)CN1CCCC(C(=O)OCC)C1. The van der Waals surface area contributed by atoms with Gasteiger partial charge < -0.3 is 4.74 Å². The van der Waals surface area contributed by atoms with E-state index in [0.29, 0.717) is 12.5 Å². The van der Waals surface area contributed by atoms with Crippen LogP contribution in [0.2, 0.25) is 0 Å². The summed E-state index contributed by atoms with van der Waals surface area (Å²) in [5, 5.41) is 0. The fourth-order valence-electron chi connectivity index (χ4n) is 2.01. The largest absolute Gasteiger partial charge is 0.466 e. The predicted molar refractivity (Wildman–Crippen MR) is 65.7 cm³/mol. The Bertz CT molecular complexity index is 255. The highest BCUT2D eigenvalue weighted by molar-refractivity contribution is 6.19. The third-order valence-corrected chi connectivity index (χ3v) is 3.14. The highest BCUT2D eigenvalue weighted by Gasteiger charge is 2.26. The highest BCUT2D eigenvalue weighted by Crippen LogP contribution is 2.18. The molecule has 1 heterocycles. The maximum absolute atomic E-state index is 11.6. The van der Waals surface area contributed by atoms with Crippen molar-refractivity contribution in [3.05, 3.63) is 12.2 Å². The van der Waals surface area contributed by atoms with Crippen LogP contribution in [0.15, 0.2) is 12.2 Å². The van der Waals surface area contributed by atoms with Gasteiger partial charge in [0, 0.05) is 19.0 Å². The van der Waals surface area contributed by atoms with Crippen molar-refractivity contribution >= 4 is 17.6 Å². The van der Waals surface area contributed by atoms with Gasteiger partial charge in [0.25, 0.3) is 0 Å². The van der Waals surface area contributed by atoms with E-state index in [1.807, 2.05) is 6.92 Å². The van der Waals surface area contributed by atoms with E-state index >= 15 is 0 Å². The van der Waals surface area contributed by atoms with Gasteiger partial charge in [-0.2, -0.15) is 0 Å². The number of alkyl halides is 1. The van der Waals surface area contributed by atoms with Gasteiger partial charge in [0.2, 0.25) is 0 Å². The first-order chi connectivity index (χ1) is 7.67. The first-order valence-corrected chi connectivity index (χ1v) is 6.32. The van der Waals surface area contributed by atoms with Gasteiger partial charge in [-0.1, -0.05) is 6.58 Å². The summed E-state index contributed by atoms with van der Waals surface area (Å²) in [6.07, 6.45) is 1.97. The lowest BCUT2D eigenvalue weighted by Crippen LogP contribution is -2.40. The second-order valence-corrected chi connectivity index (χ2v) is 4.48. The quantitative estimate of drug-likeness (QED) is 0.422. The van der Waals surface area contributed by atoms with Crippen LogP contribution < -0.4 is 0 Å². The summed E-state index contributed by atoms with van der Waals surface area (Å²) in [6.45, 7) is 8.77. The van der Waals surface area contributed by atoms with Gasteiger partial charge in [0.05, 0.1) is 12.5 Å². The number of carbonyl (C=O) groups excluding carboxylic acids is 1. The lowest BCUT2D eigenvalue weighted by atomic mass is 9.98. The minimum absolute atomic E-state index is 0.0248. The number of piperidine rings is 1. The Morgan fingerprint density at radius 2 is 2.38 bits per heavy atom. The van der Waals surface area contributed by atoms with Crippen molar-refractivity contribution in [3.8, 4) is 0 Å². The molecule has 1 saturated heterocycles. The molecular weight excluding hydrogens is 226 g/mol. The highest BCUT2D eigenvalue weighted by atomic mass is 35.5. The summed E-state index contributed by atoms with van der Waals surface area (Å²) in [4.78, 5) is 13.8. The molecule has 0 radical (unpaired) electrons. The predicted octanol–water partition coefficient (Wildman–Crippen LogP) is 2.06. The van der Waals surface area contributed by atoms with Crippen LogP contribution in [0.4, 0.5) is 0 Å². The van der Waals surface area contributed by atoms with E-state index in [4.69, 9.17) is 16.3 Å². The zero-order valence-corrected chi connectivity index (χ0v) is 10.6. The smallest absolute Gasteiger partial charge is 0.310 e. The Balaban J connectivity index is 2.40. The van der Waals surface area contributed by atoms with E-state index in [1.54, 1.807) is 0 Å². The molecular formula is C12H20ClNO2. The molecule has 0 aliphatic carbocycles. The number of esters is 1. The molecule has 16 heavy (non-hydrogen) atoms. The van der Waals surface area contributed by atoms with Crippen LogP contribution in [-0.2, 0) is 9.53 Å². The number of likely N-dealkylation sites (tertiary alicyclic amines) is 1. The summed E-state index contributed by atoms with van der Waals surface area (Å²) in [5.74, 6) is 0.445. The second kappa shape index (κ2) is 6.92. The minimum Gasteiger partial charge on any atom is -0.466 e. The molecule has 0 amide bonds. The third-order valence-electron chi connectivity index (χ3n) is 2.76. The number of hydrogen-bond donors (Lipinski definition) is 0. The van der Waals surface area contributed by atoms with E-state index in [1.165, 1.54) is 0 Å². The number of ether oxygens (including phenoxy) is 1. The Morgan fingerprint density at radius 1 is 1.62 bits per heavy atom. The zero-order valence-electron chi connectivity index (χ0n) is 9.88. The van der Waals surface area contributed by atoms with Gasteiger partial charge >= 0.3 is 5.97 Å². The van der Waals surface area contributed by atoms with Crippen LogP contribution >= 0.6 is 11.6 Å². The van der Waals surface area contributed by atoms with Crippen LogP contribution in [0.5, 0.6) is 0 Å². The number of hydrogen-bond acceptors (Lipinski definition) is 3. The number of halogens is 1. The average Bonchev–Trinajstić information content (AvgIpc) is 2.29. The van der Waals surface area contributed by atoms with E-state index in [2.05, 4.69) is 11.5 Å². The summed E-state index contributed by atoms with van der Waals surface area (Å²) in [6, 6.07) is 0. The molecule has 0 bridgehead atoms. The fourth-order valence-corrected chi connectivity index (χ4v) is 2.09. The lowest BCUT2D eigenvalue weighted by molar-refractivity contribution is -0.149. The first kappa shape index (κ1) is 13.5. The van der Waals surface area contributed by atoms with Gasteiger partial charge in [-0.3, -0.25) is 9.69 Å². The second-order valence-electron chi connectivity index (χ2n) is 4.21. The molecule has 4 heteroatoms. The molecule has 92 valence electrons. The van der Waals surface area contributed by atoms with Crippen molar-refractivity contribution in [2.45, 2.75) is 19.8 Å². The van der Waals surface area contributed by atoms with Crippen molar-refractivity contribution in [2.24, 2.45) is 5.92 Å². The van der Waals surface area contributed by atoms with Crippen molar-refractivity contribution in [1.29, 1.82) is 0 Å². The standard InChI is InChI=1S/C12H20ClNO2/c1-3-16-12(15)11-5-4-6-14(9-11)8-10(2)7-13/h11H,2-9H2,1H3. The molecule has 3 nitrogen and oxygen atoms in total. The van der Waals surface area contributed by atoms with Crippen LogP contribution in [0, 0.1) is 5.92 Å². The summed E-state index contributed by atoms with van der Waals surface area (Å²) in [7, 11) is 0. The van der Waals surface area contributed by atoms with Gasteiger partial charge in [-0.15, -0.1) is 11.6 Å². The van der Waals surface area contributed by atoms with E-state index < -0.39 is 0 Å². The van der Waals surface area contributed by atoms with Crippen molar-refractivity contribution < 1.29 is 9.53 Å². The molecule has 0 aromatic carbocycles. The monoisotopic (exact) mass is 245 g/mol. The van der Waals surface area contributed by atoms with Crippen molar-refractivity contribution in [1.82, 2.24) is 4.90 Å². The first-order valence-electron chi connectivity index (χ1n) is 5.79. The molecule has 1 rings (SSSR count).